The molecule has 0 fully saturated rings. The molecule has 152 valence electrons. The summed E-state index contributed by atoms with van der Waals surface area (Å²) in [5.41, 5.74) is 2.28. The number of thioether (sulfide) groups is 1. The van der Waals surface area contributed by atoms with E-state index in [1.807, 2.05) is 23.7 Å². The molecular weight excluding hydrogens is 391 g/mol. The number of rotatable bonds is 9. The van der Waals surface area contributed by atoms with Crippen molar-refractivity contribution in [2.75, 3.05) is 26.0 Å². The first-order valence-corrected chi connectivity index (χ1v) is 10.2. The molecule has 0 saturated carbocycles. The molecule has 1 aromatic heterocycles. The molecule has 29 heavy (non-hydrogen) atoms. The fourth-order valence-corrected chi connectivity index (χ4v) is 3.61. The molecule has 0 atom stereocenters. The van der Waals surface area contributed by atoms with E-state index >= 15 is 0 Å². The van der Waals surface area contributed by atoms with Gasteiger partial charge >= 0.3 is 0 Å². The van der Waals surface area contributed by atoms with Crippen molar-refractivity contribution in [2.24, 2.45) is 7.05 Å². The lowest BCUT2D eigenvalue weighted by Gasteiger charge is -2.08. The predicted molar refractivity (Wildman–Crippen MR) is 111 cm³/mol. The van der Waals surface area contributed by atoms with Gasteiger partial charge in [0.25, 0.3) is 5.91 Å². The number of carbonyl (C=O) groups is 1. The molecule has 0 bridgehead atoms. The Hall–Kier alpha value is -2.71. The average Bonchev–Trinajstić information content (AvgIpc) is 3.08. The molecular formula is C21H23FN4O2S. The largest absolute Gasteiger partial charge is 0.384 e. The van der Waals surface area contributed by atoms with Gasteiger partial charge in [0.05, 0.1) is 6.61 Å². The first-order chi connectivity index (χ1) is 14.1. The van der Waals surface area contributed by atoms with Crippen molar-refractivity contribution < 1.29 is 13.9 Å². The molecule has 0 radical (unpaired) electrons. The van der Waals surface area contributed by atoms with E-state index in [1.165, 1.54) is 12.1 Å². The second kappa shape index (κ2) is 10.2. The Morgan fingerprint density at radius 3 is 2.72 bits per heavy atom. The maximum Gasteiger partial charge on any atom is 0.251 e. The Balaban J connectivity index is 1.56. The molecule has 1 heterocycles. The first kappa shape index (κ1) is 21.0. The molecule has 0 unspecified atom stereocenters. The summed E-state index contributed by atoms with van der Waals surface area (Å²) in [5, 5.41) is 12.1. The van der Waals surface area contributed by atoms with Crippen molar-refractivity contribution in [3.63, 3.8) is 0 Å². The van der Waals surface area contributed by atoms with Crippen LogP contribution < -0.4 is 5.32 Å². The SMILES string of the molecule is COCCSc1nnc(CCNC(=O)c2cccc(-c3ccc(F)cc3)c2)n1C. The van der Waals surface area contributed by atoms with Crippen LogP contribution in [0.2, 0.25) is 0 Å². The van der Waals surface area contributed by atoms with Gasteiger partial charge in [-0.2, -0.15) is 0 Å². The Bertz CT molecular complexity index is 960. The van der Waals surface area contributed by atoms with E-state index in [4.69, 9.17) is 4.74 Å². The van der Waals surface area contributed by atoms with E-state index < -0.39 is 0 Å². The quantitative estimate of drug-likeness (QED) is 0.430. The maximum atomic E-state index is 13.1. The van der Waals surface area contributed by atoms with Gasteiger partial charge < -0.3 is 14.6 Å². The average molecular weight is 415 g/mol. The second-order valence-corrected chi connectivity index (χ2v) is 7.45. The lowest BCUT2D eigenvalue weighted by Crippen LogP contribution is -2.26. The number of hydrogen-bond donors (Lipinski definition) is 1. The topological polar surface area (TPSA) is 69.0 Å². The van der Waals surface area contributed by atoms with E-state index in [2.05, 4.69) is 15.5 Å². The highest BCUT2D eigenvalue weighted by molar-refractivity contribution is 7.99. The van der Waals surface area contributed by atoms with Crippen molar-refractivity contribution in [1.29, 1.82) is 0 Å². The number of nitrogens with zero attached hydrogens (tertiary/aromatic N) is 3. The molecule has 0 aliphatic rings. The molecule has 0 saturated heterocycles. The lowest BCUT2D eigenvalue weighted by atomic mass is 10.0. The van der Waals surface area contributed by atoms with Gasteiger partial charge in [-0.3, -0.25) is 4.79 Å². The first-order valence-electron chi connectivity index (χ1n) is 9.22. The fourth-order valence-electron chi connectivity index (χ4n) is 2.78. The van der Waals surface area contributed by atoms with Crippen molar-refractivity contribution in [3.8, 4) is 11.1 Å². The molecule has 0 aliphatic carbocycles. The Labute approximate surface area is 173 Å². The minimum Gasteiger partial charge on any atom is -0.384 e. The highest BCUT2D eigenvalue weighted by Gasteiger charge is 2.11. The Morgan fingerprint density at radius 2 is 1.97 bits per heavy atom. The van der Waals surface area contributed by atoms with Crippen LogP contribution in [0.1, 0.15) is 16.2 Å². The van der Waals surface area contributed by atoms with Gasteiger partial charge in [-0.05, 0) is 35.4 Å². The van der Waals surface area contributed by atoms with Crippen LogP contribution >= 0.6 is 11.8 Å². The van der Waals surface area contributed by atoms with Crippen LogP contribution in [0.3, 0.4) is 0 Å². The third kappa shape index (κ3) is 5.65. The van der Waals surface area contributed by atoms with Crippen molar-refractivity contribution in [2.45, 2.75) is 11.6 Å². The van der Waals surface area contributed by atoms with E-state index in [9.17, 15) is 9.18 Å². The summed E-state index contributed by atoms with van der Waals surface area (Å²) in [6, 6.07) is 13.5. The monoisotopic (exact) mass is 414 g/mol. The van der Waals surface area contributed by atoms with Crippen LogP contribution in [-0.4, -0.2) is 46.7 Å². The minimum absolute atomic E-state index is 0.161. The van der Waals surface area contributed by atoms with Gasteiger partial charge in [-0.1, -0.05) is 36.0 Å². The smallest absolute Gasteiger partial charge is 0.251 e. The van der Waals surface area contributed by atoms with Gasteiger partial charge in [0.2, 0.25) is 0 Å². The summed E-state index contributed by atoms with van der Waals surface area (Å²) >= 11 is 1.58. The number of hydrogen-bond acceptors (Lipinski definition) is 5. The lowest BCUT2D eigenvalue weighted by molar-refractivity contribution is 0.0954. The Morgan fingerprint density at radius 1 is 1.17 bits per heavy atom. The van der Waals surface area contributed by atoms with E-state index in [-0.39, 0.29) is 11.7 Å². The number of nitrogens with one attached hydrogen (secondary N) is 1. The van der Waals surface area contributed by atoms with Gasteiger partial charge in [0.1, 0.15) is 11.6 Å². The number of benzene rings is 2. The molecule has 8 heteroatoms. The summed E-state index contributed by atoms with van der Waals surface area (Å²) < 4.78 is 20.1. The maximum absolute atomic E-state index is 13.1. The predicted octanol–water partition coefficient (Wildman–Crippen LogP) is 3.33. The summed E-state index contributed by atoms with van der Waals surface area (Å²) in [6.45, 7) is 1.11. The molecule has 2 aromatic carbocycles. The number of halogens is 1. The normalized spacial score (nSPS) is 10.9. The molecule has 1 amide bonds. The zero-order valence-corrected chi connectivity index (χ0v) is 17.2. The van der Waals surface area contributed by atoms with E-state index in [0.29, 0.717) is 25.1 Å². The van der Waals surface area contributed by atoms with Gasteiger partial charge in [-0.25, -0.2) is 4.39 Å². The summed E-state index contributed by atoms with van der Waals surface area (Å²) in [7, 11) is 3.58. The zero-order valence-electron chi connectivity index (χ0n) is 16.4. The number of aromatic nitrogens is 3. The molecule has 3 aromatic rings. The van der Waals surface area contributed by atoms with Gasteiger partial charge in [0.15, 0.2) is 5.16 Å². The summed E-state index contributed by atoms with van der Waals surface area (Å²) in [4.78, 5) is 12.5. The number of ether oxygens (including phenoxy) is 1. The Kier molecular flexibility index (Phi) is 7.37. The van der Waals surface area contributed by atoms with E-state index in [1.54, 1.807) is 43.1 Å². The molecule has 3 rings (SSSR count). The van der Waals surface area contributed by atoms with Gasteiger partial charge in [-0.15, -0.1) is 10.2 Å². The zero-order chi connectivity index (χ0) is 20.6. The van der Waals surface area contributed by atoms with Gasteiger partial charge in [0, 0.05) is 38.4 Å². The van der Waals surface area contributed by atoms with Crippen molar-refractivity contribution in [1.82, 2.24) is 20.1 Å². The standard InChI is InChI=1S/C21H23FN4O2S/c1-26-19(24-25-21(26)29-13-12-28-2)10-11-23-20(27)17-5-3-4-16(14-17)15-6-8-18(22)9-7-15/h3-9,14H,10-13H2,1-2H3,(H,23,27). The second-order valence-electron chi connectivity index (χ2n) is 6.39. The van der Waals surface area contributed by atoms with Crippen LogP contribution in [0, 0.1) is 5.82 Å². The molecule has 0 spiro atoms. The van der Waals surface area contributed by atoms with Crippen LogP contribution in [0.15, 0.2) is 53.7 Å². The third-order valence-electron chi connectivity index (χ3n) is 4.38. The minimum atomic E-state index is -0.285. The van der Waals surface area contributed by atoms with E-state index in [0.717, 1.165) is 27.9 Å². The summed E-state index contributed by atoms with van der Waals surface area (Å²) in [5.74, 6) is 1.17. The highest BCUT2D eigenvalue weighted by atomic mass is 32.2. The summed E-state index contributed by atoms with van der Waals surface area (Å²) in [6.07, 6.45) is 0.581. The molecule has 1 N–H and O–H groups in total. The number of amides is 1. The van der Waals surface area contributed by atoms with Crippen LogP contribution in [0.5, 0.6) is 0 Å². The third-order valence-corrected chi connectivity index (χ3v) is 5.36. The number of carbonyl (C=O) groups excluding carboxylic acids is 1. The van der Waals surface area contributed by atoms with Crippen molar-refractivity contribution >= 4 is 17.7 Å². The van der Waals surface area contributed by atoms with Crippen LogP contribution in [0.25, 0.3) is 11.1 Å². The van der Waals surface area contributed by atoms with Crippen LogP contribution in [0.4, 0.5) is 4.39 Å². The van der Waals surface area contributed by atoms with Crippen molar-refractivity contribution in [3.05, 3.63) is 65.7 Å². The highest BCUT2D eigenvalue weighted by Crippen LogP contribution is 2.21. The molecule has 0 aliphatic heterocycles. The number of methoxy groups -OCH3 is 1. The fraction of sp³-hybridized carbons (Fsp3) is 0.286. The van der Waals surface area contributed by atoms with Crippen LogP contribution in [-0.2, 0) is 18.2 Å². The molecule has 6 nitrogen and oxygen atoms in total.